The van der Waals surface area contributed by atoms with Crippen LogP contribution in [-0.4, -0.2) is 53.7 Å². The van der Waals surface area contributed by atoms with Gasteiger partial charge in [-0.1, -0.05) is 18.2 Å². The van der Waals surface area contributed by atoms with Crippen LogP contribution in [0.15, 0.2) is 48.5 Å². The van der Waals surface area contributed by atoms with Crippen LogP contribution in [0, 0.1) is 11.7 Å². The predicted molar refractivity (Wildman–Crippen MR) is 115 cm³/mol. The van der Waals surface area contributed by atoms with Crippen LogP contribution in [0.25, 0.3) is 0 Å². The molecule has 1 atom stereocenters. The topological polar surface area (TPSA) is 60.9 Å². The van der Waals surface area contributed by atoms with Gasteiger partial charge in [-0.2, -0.15) is 13.2 Å². The van der Waals surface area contributed by atoms with E-state index in [1.807, 2.05) is 0 Å². The van der Waals surface area contributed by atoms with E-state index in [0.29, 0.717) is 17.7 Å². The second-order valence-corrected chi connectivity index (χ2v) is 8.49. The van der Waals surface area contributed by atoms with Crippen LogP contribution in [0.5, 0.6) is 0 Å². The highest BCUT2D eigenvalue weighted by molar-refractivity contribution is 5.96. The molecule has 2 aliphatic rings. The zero-order chi connectivity index (χ0) is 24.5. The molecule has 0 saturated carbocycles. The van der Waals surface area contributed by atoms with Crippen LogP contribution in [0.4, 0.5) is 23.2 Å². The lowest BCUT2D eigenvalue weighted by Gasteiger charge is -2.38. The average molecular weight is 477 g/mol. The van der Waals surface area contributed by atoms with Crippen molar-refractivity contribution < 1.29 is 31.9 Å². The van der Waals surface area contributed by atoms with E-state index in [2.05, 4.69) is 0 Å². The van der Waals surface area contributed by atoms with Crippen LogP contribution in [0.3, 0.4) is 0 Å². The summed E-state index contributed by atoms with van der Waals surface area (Å²) < 4.78 is 51.8. The Kier molecular flexibility index (Phi) is 6.58. The zero-order valence-corrected chi connectivity index (χ0v) is 18.2. The molecule has 0 aliphatic carbocycles. The Morgan fingerprint density at radius 1 is 1.00 bits per heavy atom. The summed E-state index contributed by atoms with van der Waals surface area (Å²) in [4.78, 5) is 42.4. The summed E-state index contributed by atoms with van der Waals surface area (Å²) in [5.41, 5.74) is 0.203. The second kappa shape index (κ2) is 9.44. The fourth-order valence-electron chi connectivity index (χ4n) is 4.28. The van der Waals surface area contributed by atoms with Crippen molar-refractivity contribution in [3.8, 4) is 0 Å². The first-order valence-electron chi connectivity index (χ1n) is 10.9. The summed E-state index contributed by atoms with van der Waals surface area (Å²) in [7, 11) is 0. The van der Waals surface area contributed by atoms with Gasteiger partial charge in [0.1, 0.15) is 5.82 Å². The molecule has 10 heteroatoms. The number of hydrogen-bond donors (Lipinski definition) is 0. The molecule has 180 valence electrons. The Labute approximate surface area is 193 Å². The highest BCUT2D eigenvalue weighted by Crippen LogP contribution is 2.30. The van der Waals surface area contributed by atoms with E-state index in [1.165, 1.54) is 45.0 Å². The number of anilines is 1. The summed E-state index contributed by atoms with van der Waals surface area (Å²) >= 11 is 0. The van der Waals surface area contributed by atoms with Gasteiger partial charge in [0, 0.05) is 38.3 Å². The average Bonchev–Trinajstić information content (AvgIpc) is 2.80. The highest BCUT2D eigenvalue weighted by Gasteiger charge is 2.36. The number of carbonyl (C=O) groups is 3. The van der Waals surface area contributed by atoms with Crippen molar-refractivity contribution >= 4 is 23.4 Å². The fourth-order valence-corrected chi connectivity index (χ4v) is 4.28. The molecule has 34 heavy (non-hydrogen) atoms. The van der Waals surface area contributed by atoms with Crippen LogP contribution in [0.1, 0.15) is 24.0 Å². The SMILES string of the molecule is O=C1CN(C(=O)C2CCC(=O)N(c3cccc(F)c3)C2)CCN1Cc1ccc(C(F)(F)F)cc1. The molecule has 1 unspecified atom stereocenters. The minimum atomic E-state index is -4.42. The first kappa shape index (κ1) is 23.7. The molecule has 0 aromatic heterocycles. The van der Waals surface area contributed by atoms with E-state index >= 15 is 0 Å². The van der Waals surface area contributed by atoms with Crippen LogP contribution in [-0.2, 0) is 27.1 Å². The third-order valence-electron chi connectivity index (χ3n) is 6.16. The maximum absolute atomic E-state index is 13.6. The number of benzene rings is 2. The molecule has 2 aromatic rings. The number of halogens is 4. The third-order valence-corrected chi connectivity index (χ3v) is 6.16. The van der Waals surface area contributed by atoms with Gasteiger partial charge in [-0.3, -0.25) is 14.4 Å². The van der Waals surface area contributed by atoms with Gasteiger partial charge in [0.2, 0.25) is 17.7 Å². The Morgan fingerprint density at radius 3 is 2.38 bits per heavy atom. The molecule has 6 nitrogen and oxygen atoms in total. The molecule has 0 radical (unpaired) electrons. The predicted octanol–water partition coefficient (Wildman–Crippen LogP) is 3.46. The molecular formula is C24H23F4N3O3. The Bertz CT molecular complexity index is 1090. The van der Waals surface area contributed by atoms with E-state index in [4.69, 9.17) is 0 Å². The van der Waals surface area contributed by atoms with Crippen molar-refractivity contribution in [2.45, 2.75) is 25.6 Å². The van der Waals surface area contributed by atoms with Gasteiger partial charge in [0.25, 0.3) is 0 Å². The third kappa shape index (κ3) is 5.21. The number of amides is 3. The quantitative estimate of drug-likeness (QED) is 0.634. The van der Waals surface area contributed by atoms with Gasteiger partial charge in [-0.05, 0) is 42.3 Å². The van der Waals surface area contributed by atoms with Crippen molar-refractivity contribution in [1.82, 2.24) is 9.80 Å². The first-order chi connectivity index (χ1) is 16.1. The van der Waals surface area contributed by atoms with E-state index in [9.17, 15) is 31.9 Å². The van der Waals surface area contributed by atoms with Crippen molar-refractivity contribution in [1.29, 1.82) is 0 Å². The van der Waals surface area contributed by atoms with Gasteiger partial charge in [-0.25, -0.2) is 4.39 Å². The number of carbonyl (C=O) groups excluding carboxylic acids is 3. The number of nitrogens with zero attached hydrogens (tertiary/aromatic N) is 3. The van der Waals surface area contributed by atoms with E-state index in [1.54, 1.807) is 6.07 Å². The van der Waals surface area contributed by atoms with Crippen molar-refractivity contribution in [3.63, 3.8) is 0 Å². The fraction of sp³-hybridized carbons (Fsp3) is 0.375. The monoisotopic (exact) mass is 477 g/mol. The summed E-state index contributed by atoms with van der Waals surface area (Å²) in [6.07, 6.45) is -3.92. The highest BCUT2D eigenvalue weighted by atomic mass is 19.4. The second-order valence-electron chi connectivity index (χ2n) is 8.49. The molecule has 4 rings (SSSR count). The number of piperazine rings is 1. The van der Waals surface area contributed by atoms with Gasteiger partial charge in [0.05, 0.1) is 18.0 Å². The van der Waals surface area contributed by atoms with Crippen LogP contribution in [0.2, 0.25) is 0 Å². The standard InChI is InChI=1S/C24H23F4N3O3/c25-19-2-1-3-20(12-19)31-14-17(6-9-21(31)32)23(34)30-11-10-29(22(33)15-30)13-16-4-7-18(8-5-16)24(26,27)28/h1-5,7-8,12,17H,6,9-11,13-15H2. The van der Waals surface area contributed by atoms with Crippen LogP contribution < -0.4 is 4.90 Å². The molecule has 2 saturated heterocycles. The maximum Gasteiger partial charge on any atom is 0.416 e. The Balaban J connectivity index is 1.36. The molecule has 2 aliphatic heterocycles. The van der Waals surface area contributed by atoms with E-state index in [0.717, 1.165) is 12.1 Å². The number of hydrogen-bond acceptors (Lipinski definition) is 3. The lowest BCUT2D eigenvalue weighted by molar-refractivity contribution is -0.148. The normalized spacial score (nSPS) is 19.5. The smallest absolute Gasteiger partial charge is 0.335 e. The van der Waals surface area contributed by atoms with Crippen molar-refractivity contribution in [3.05, 3.63) is 65.5 Å². The lowest BCUT2D eigenvalue weighted by atomic mass is 9.95. The molecule has 2 fully saturated rings. The summed E-state index contributed by atoms with van der Waals surface area (Å²) in [6.45, 7) is 0.676. The molecule has 2 heterocycles. The minimum absolute atomic E-state index is 0.112. The molecule has 0 N–H and O–H groups in total. The van der Waals surface area contributed by atoms with Gasteiger partial charge >= 0.3 is 6.18 Å². The number of piperidine rings is 1. The minimum Gasteiger partial charge on any atom is -0.335 e. The number of rotatable bonds is 4. The van der Waals surface area contributed by atoms with Crippen LogP contribution >= 0.6 is 0 Å². The zero-order valence-electron chi connectivity index (χ0n) is 18.2. The molecule has 0 spiro atoms. The summed E-state index contributed by atoms with van der Waals surface area (Å²) in [5, 5.41) is 0. The summed E-state index contributed by atoms with van der Waals surface area (Å²) in [6, 6.07) is 10.3. The number of alkyl halides is 3. The van der Waals surface area contributed by atoms with Crippen molar-refractivity contribution in [2.75, 3.05) is 31.1 Å². The lowest BCUT2D eigenvalue weighted by Crippen LogP contribution is -2.55. The van der Waals surface area contributed by atoms with Gasteiger partial charge in [-0.15, -0.1) is 0 Å². The first-order valence-corrected chi connectivity index (χ1v) is 10.9. The summed E-state index contributed by atoms with van der Waals surface area (Å²) in [5.74, 6) is -1.71. The van der Waals surface area contributed by atoms with Gasteiger partial charge < -0.3 is 14.7 Å². The van der Waals surface area contributed by atoms with E-state index < -0.39 is 23.5 Å². The van der Waals surface area contributed by atoms with Crippen molar-refractivity contribution in [2.24, 2.45) is 5.92 Å². The van der Waals surface area contributed by atoms with E-state index in [-0.39, 0.29) is 56.9 Å². The molecular weight excluding hydrogens is 454 g/mol. The Morgan fingerprint density at radius 2 is 1.74 bits per heavy atom. The molecule has 3 amide bonds. The largest absolute Gasteiger partial charge is 0.416 e. The molecule has 0 bridgehead atoms. The molecule has 2 aromatic carbocycles. The Hall–Kier alpha value is -3.43. The van der Waals surface area contributed by atoms with Gasteiger partial charge in [0.15, 0.2) is 0 Å². The maximum atomic E-state index is 13.6.